The maximum atomic E-state index is 5.30. The molecule has 1 aliphatic rings. The van der Waals surface area contributed by atoms with Gasteiger partial charge in [0.1, 0.15) is 0 Å². The Kier molecular flexibility index (Phi) is 5.52. The number of ether oxygens (including phenoxy) is 1. The van der Waals surface area contributed by atoms with E-state index >= 15 is 0 Å². The number of nitrogens with zero attached hydrogens (tertiary/aromatic N) is 1. The number of alkyl halides is 1. The molecular weight excluding hydrogens is 358 g/mol. The molecule has 1 fully saturated rings. The summed E-state index contributed by atoms with van der Waals surface area (Å²) in [4.78, 5) is 2.49. The normalized spacial score (nSPS) is 20.2. The first-order valence-electron chi connectivity index (χ1n) is 6.33. The van der Waals surface area contributed by atoms with Gasteiger partial charge in [-0.2, -0.15) is 0 Å². The van der Waals surface area contributed by atoms with Crippen molar-refractivity contribution in [1.82, 2.24) is 0 Å². The summed E-state index contributed by atoms with van der Waals surface area (Å²) in [5.74, 6) is 0.658. The fourth-order valence-electron chi connectivity index (χ4n) is 2.60. The van der Waals surface area contributed by atoms with Gasteiger partial charge < -0.3 is 9.64 Å². The van der Waals surface area contributed by atoms with Crippen LogP contribution in [0.1, 0.15) is 18.4 Å². The average molecular weight is 377 g/mol. The number of piperidine rings is 1. The van der Waals surface area contributed by atoms with Gasteiger partial charge in [-0.25, -0.2) is 0 Å². The smallest absolute Gasteiger partial charge is 0.0507 e. The Balaban J connectivity index is 2.17. The summed E-state index contributed by atoms with van der Waals surface area (Å²) >= 11 is 7.15. The summed E-state index contributed by atoms with van der Waals surface area (Å²) in [5.41, 5.74) is 2.71. The summed E-state index contributed by atoms with van der Waals surface area (Å²) < 4.78 is 6.45. The molecule has 0 amide bonds. The van der Waals surface area contributed by atoms with Crippen molar-refractivity contribution in [3.63, 3.8) is 0 Å². The molecule has 2 nitrogen and oxygen atoms in total. The Morgan fingerprint density at radius 2 is 2.28 bits per heavy atom. The number of methoxy groups -OCH3 is 1. The van der Waals surface area contributed by atoms with Crippen molar-refractivity contribution in [2.45, 2.75) is 18.2 Å². The van der Waals surface area contributed by atoms with Crippen LogP contribution in [0.2, 0.25) is 0 Å². The second kappa shape index (κ2) is 6.92. The van der Waals surface area contributed by atoms with E-state index in [4.69, 9.17) is 4.74 Å². The van der Waals surface area contributed by atoms with E-state index in [-0.39, 0.29) is 0 Å². The molecule has 0 bridgehead atoms. The molecule has 1 atom stereocenters. The highest BCUT2D eigenvalue weighted by Crippen LogP contribution is 2.30. The minimum absolute atomic E-state index is 0.658. The highest BCUT2D eigenvalue weighted by molar-refractivity contribution is 9.10. The van der Waals surface area contributed by atoms with E-state index in [2.05, 4.69) is 55.0 Å². The summed E-state index contributed by atoms with van der Waals surface area (Å²) in [6.45, 7) is 3.12. The first kappa shape index (κ1) is 14.4. The predicted octanol–water partition coefficient (Wildman–Crippen LogP) is 4.21. The largest absolute Gasteiger partial charge is 0.384 e. The van der Waals surface area contributed by atoms with Gasteiger partial charge in [-0.15, -0.1) is 0 Å². The monoisotopic (exact) mass is 375 g/mol. The summed E-state index contributed by atoms with van der Waals surface area (Å²) in [6, 6.07) is 6.52. The van der Waals surface area contributed by atoms with Gasteiger partial charge in [0.15, 0.2) is 0 Å². The molecule has 0 aromatic heterocycles. The molecule has 0 aliphatic carbocycles. The minimum Gasteiger partial charge on any atom is -0.384 e. The maximum Gasteiger partial charge on any atom is 0.0507 e. The number of benzene rings is 1. The van der Waals surface area contributed by atoms with E-state index in [1.54, 1.807) is 7.11 Å². The van der Waals surface area contributed by atoms with E-state index < -0.39 is 0 Å². The highest BCUT2D eigenvalue weighted by Gasteiger charge is 2.21. The lowest BCUT2D eigenvalue weighted by Crippen LogP contribution is -2.37. The fourth-order valence-corrected chi connectivity index (χ4v) is 3.42. The standard InChI is InChI=1S/C14H19Br2NO/c1-18-10-11-3-2-6-17(9-11)14-7-13(16)5-4-12(14)8-15/h4-5,7,11H,2-3,6,8-10H2,1H3. The quantitative estimate of drug-likeness (QED) is 0.730. The Bertz CT molecular complexity index is 395. The van der Waals surface area contributed by atoms with Crippen LogP contribution in [0.15, 0.2) is 22.7 Å². The molecule has 0 spiro atoms. The number of hydrogen-bond acceptors (Lipinski definition) is 2. The van der Waals surface area contributed by atoms with Crippen LogP contribution in [0.25, 0.3) is 0 Å². The van der Waals surface area contributed by atoms with Gasteiger partial charge in [0.05, 0.1) is 6.61 Å². The van der Waals surface area contributed by atoms with Gasteiger partial charge in [0, 0.05) is 35.7 Å². The fraction of sp³-hybridized carbons (Fsp3) is 0.571. The van der Waals surface area contributed by atoms with Crippen LogP contribution in [0.5, 0.6) is 0 Å². The van der Waals surface area contributed by atoms with Gasteiger partial charge in [-0.1, -0.05) is 37.9 Å². The molecule has 1 heterocycles. The Labute approximate surface area is 126 Å². The lowest BCUT2D eigenvalue weighted by molar-refractivity contribution is 0.143. The zero-order valence-electron chi connectivity index (χ0n) is 10.7. The maximum absolute atomic E-state index is 5.30. The molecule has 2 rings (SSSR count). The molecule has 18 heavy (non-hydrogen) atoms. The van der Waals surface area contributed by atoms with Crippen LogP contribution >= 0.6 is 31.9 Å². The molecule has 1 unspecified atom stereocenters. The number of hydrogen-bond donors (Lipinski definition) is 0. The number of anilines is 1. The Morgan fingerprint density at radius 3 is 3.00 bits per heavy atom. The Morgan fingerprint density at radius 1 is 1.44 bits per heavy atom. The zero-order valence-corrected chi connectivity index (χ0v) is 13.8. The van der Waals surface area contributed by atoms with Crippen LogP contribution < -0.4 is 4.90 Å². The average Bonchev–Trinajstić information content (AvgIpc) is 2.39. The van der Waals surface area contributed by atoms with E-state index in [0.29, 0.717) is 5.92 Å². The van der Waals surface area contributed by atoms with Gasteiger partial charge in [0.2, 0.25) is 0 Å². The number of rotatable bonds is 4. The summed E-state index contributed by atoms with van der Waals surface area (Å²) in [7, 11) is 1.79. The molecule has 0 radical (unpaired) electrons. The third-order valence-electron chi connectivity index (χ3n) is 3.45. The lowest BCUT2D eigenvalue weighted by atomic mass is 9.98. The molecular formula is C14H19Br2NO. The van der Waals surface area contributed by atoms with Gasteiger partial charge in [0.25, 0.3) is 0 Å². The van der Waals surface area contributed by atoms with Crippen LogP contribution in [0, 0.1) is 5.92 Å². The van der Waals surface area contributed by atoms with Crippen LogP contribution in [0.4, 0.5) is 5.69 Å². The van der Waals surface area contributed by atoms with E-state index in [0.717, 1.165) is 29.5 Å². The van der Waals surface area contributed by atoms with Crippen molar-refractivity contribution in [1.29, 1.82) is 0 Å². The second-order valence-electron chi connectivity index (χ2n) is 4.82. The third kappa shape index (κ3) is 3.49. The molecule has 4 heteroatoms. The highest BCUT2D eigenvalue weighted by atomic mass is 79.9. The summed E-state index contributed by atoms with van der Waals surface area (Å²) in [5, 5.41) is 0.904. The molecule has 1 saturated heterocycles. The Hall–Kier alpha value is -0.0600. The minimum atomic E-state index is 0.658. The van der Waals surface area contributed by atoms with E-state index in [1.165, 1.54) is 24.1 Å². The van der Waals surface area contributed by atoms with Crippen molar-refractivity contribution in [2.75, 3.05) is 31.7 Å². The number of halogens is 2. The van der Waals surface area contributed by atoms with Crippen molar-refractivity contribution in [2.24, 2.45) is 5.92 Å². The predicted molar refractivity (Wildman–Crippen MR) is 83.6 cm³/mol. The molecule has 1 aromatic carbocycles. The SMILES string of the molecule is COCC1CCCN(c2cc(Br)ccc2CBr)C1. The van der Waals surface area contributed by atoms with Crippen LogP contribution in [-0.2, 0) is 10.1 Å². The molecule has 100 valence electrons. The van der Waals surface area contributed by atoms with E-state index in [9.17, 15) is 0 Å². The van der Waals surface area contributed by atoms with Crippen molar-refractivity contribution >= 4 is 37.5 Å². The van der Waals surface area contributed by atoms with Crippen molar-refractivity contribution < 1.29 is 4.74 Å². The first-order chi connectivity index (χ1) is 8.74. The zero-order chi connectivity index (χ0) is 13.0. The molecule has 1 aromatic rings. The molecule has 0 saturated carbocycles. The molecule has 0 N–H and O–H groups in total. The first-order valence-corrected chi connectivity index (χ1v) is 8.24. The van der Waals surface area contributed by atoms with Crippen LogP contribution in [-0.4, -0.2) is 26.8 Å². The van der Waals surface area contributed by atoms with Crippen LogP contribution in [0.3, 0.4) is 0 Å². The molecule has 1 aliphatic heterocycles. The second-order valence-corrected chi connectivity index (χ2v) is 6.29. The van der Waals surface area contributed by atoms with Crippen molar-refractivity contribution in [3.8, 4) is 0 Å². The van der Waals surface area contributed by atoms with Gasteiger partial charge in [-0.3, -0.25) is 0 Å². The topological polar surface area (TPSA) is 12.5 Å². The van der Waals surface area contributed by atoms with Gasteiger partial charge >= 0.3 is 0 Å². The van der Waals surface area contributed by atoms with Gasteiger partial charge in [-0.05, 0) is 36.5 Å². The lowest BCUT2D eigenvalue weighted by Gasteiger charge is -2.35. The van der Waals surface area contributed by atoms with Crippen molar-refractivity contribution in [3.05, 3.63) is 28.2 Å². The third-order valence-corrected chi connectivity index (χ3v) is 4.55. The van der Waals surface area contributed by atoms with E-state index in [1.807, 2.05) is 0 Å². The summed E-state index contributed by atoms with van der Waals surface area (Å²) in [6.07, 6.45) is 2.53.